The van der Waals surface area contributed by atoms with Crippen molar-refractivity contribution in [3.8, 4) is 0 Å². The molecule has 1 aliphatic rings. The van der Waals surface area contributed by atoms with Crippen LogP contribution in [0.4, 0.5) is 5.82 Å². The number of nitrogens with one attached hydrogen (secondary N) is 1. The number of anilines is 1. The van der Waals surface area contributed by atoms with Crippen molar-refractivity contribution >= 4 is 11.8 Å². The highest BCUT2D eigenvalue weighted by atomic mass is 16.4. The van der Waals surface area contributed by atoms with Crippen LogP contribution in [0.1, 0.15) is 25.6 Å². The molecule has 0 aliphatic carbocycles. The summed E-state index contributed by atoms with van der Waals surface area (Å²) >= 11 is 0. The molecule has 2 heterocycles. The third-order valence-corrected chi connectivity index (χ3v) is 3.37. The van der Waals surface area contributed by atoms with E-state index in [1.54, 1.807) is 6.92 Å². The van der Waals surface area contributed by atoms with E-state index in [4.69, 9.17) is 5.11 Å². The molecule has 1 saturated heterocycles. The third kappa shape index (κ3) is 2.52. The molecule has 0 radical (unpaired) electrons. The number of carbonyl (C=O) groups is 1. The molecule has 2 atom stereocenters. The Morgan fingerprint density at radius 1 is 1.61 bits per heavy atom. The van der Waals surface area contributed by atoms with Gasteiger partial charge in [0.25, 0.3) is 5.56 Å². The van der Waals surface area contributed by atoms with E-state index in [1.807, 2.05) is 11.8 Å². The lowest BCUT2D eigenvalue weighted by Crippen LogP contribution is -2.43. The Morgan fingerprint density at radius 2 is 2.33 bits per heavy atom. The smallest absolute Gasteiger partial charge is 0.306 e. The van der Waals surface area contributed by atoms with Crippen LogP contribution < -0.4 is 10.5 Å². The number of piperidine rings is 1. The molecule has 0 amide bonds. The fourth-order valence-electron chi connectivity index (χ4n) is 2.45. The molecule has 6 nitrogen and oxygen atoms in total. The highest BCUT2D eigenvalue weighted by Gasteiger charge is 2.30. The van der Waals surface area contributed by atoms with E-state index in [1.165, 1.54) is 6.07 Å². The summed E-state index contributed by atoms with van der Waals surface area (Å²) in [4.78, 5) is 31.3. The van der Waals surface area contributed by atoms with Gasteiger partial charge in [0, 0.05) is 18.7 Å². The Hall–Kier alpha value is -1.85. The first kappa shape index (κ1) is 12.6. The van der Waals surface area contributed by atoms with E-state index in [0.29, 0.717) is 31.0 Å². The second-order valence-corrected chi connectivity index (χ2v) is 4.79. The topological polar surface area (TPSA) is 86.3 Å². The Bertz CT molecular complexity index is 512. The zero-order valence-electron chi connectivity index (χ0n) is 10.5. The van der Waals surface area contributed by atoms with Gasteiger partial charge in [-0.3, -0.25) is 9.59 Å². The molecule has 1 aliphatic heterocycles. The van der Waals surface area contributed by atoms with Crippen LogP contribution in [0.2, 0.25) is 0 Å². The number of hydrogen-bond donors (Lipinski definition) is 2. The standard InChI is InChI=1S/C12H17N3O3/c1-7-5-9(12(17)18)3-4-15(7)10-6-11(16)14-8(2)13-10/h6-7,9H,3-5H2,1-2H3,(H,17,18)(H,13,14,16). The first-order valence-corrected chi connectivity index (χ1v) is 6.05. The van der Waals surface area contributed by atoms with Crippen molar-refractivity contribution in [2.24, 2.45) is 5.92 Å². The van der Waals surface area contributed by atoms with Crippen LogP contribution in [0.3, 0.4) is 0 Å². The van der Waals surface area contributed by atoms with E-state index in [-0.39, 0.29) is 17.5 Å². The minimum Gasteiger partial charge on any atom is -0.481 e. The second kappa shape index (κ2) is 4.80. The summed E-state index contributed by atoms with van der Waals surface area (Å²) in [6.07, 6.45) is 1.18. The third-order valence-electron chi connectivity index (χ3n) is 3.37. The van der Waals surface area contributed by atoms with Crippen LogP contribution in [0.5, 0.6) is 0 Å². The van der Waals surface area contributed by atoms with E-state index in [9.17, 15) is 9.59 Å². The second-order valence-electron chi connectivity index (χ2n) is 4.79. The Kier molecular flexibility index (Phi) is 3.36. The first-order valence-electron chi connectivity index (χ1n) is 6.05. The Balaban J connectivity index is 2.20. The predicted molar refractivity (Wildman–Crippen MR) is 66.8 cm³/mol. The number of carboxylic acids is 1. The van der Waals surface area contributed by atoms with Gasteiger partial charge in [-0.2, -0.15) is 0 Å². The molecule has 1 aromatic rings. The van der Waals surface area contributed by atoms with Gasteiger partial charge in [-0.25, -0.2) is 4.98 Å². The molecule has 2 unspecified atom stereocenters. The van der Waals surface area contributed by atoms with Crippen LogP contribution in [0.25, 0.3) is 0 Å². The predicted octanol–water partition coefficient (Wildman–Crippen LogP) is 0.768. The van der Waals surface area contributed by atoms with Gasteiger partial charge in [-0.1, -0.05) is 0 Å². The van der Waals surface area contributed by atoms with Gasteiger partial charge in [0.2, 0.25) is 0 Å². The Morgan fingerprint density at radius 3 is 2.89 bits per heavy atom. The molecule has 0 aromatic carbocycles. The Labute approximate surface area is 105 Å². The van der Waals surface area contributed by atoms with Crippen molar-refractivity contribution in [1.82, 2.24) is 9.97 Å². The molecule has 1 fully saturated rings. The number of nitrogens with zero attached hydrogens (tertiary/aromatic N) is 2. The van der Waals surface area contributed by atoms with Crippen LogP contribution in [-0.4, -0.2) is 33.6 Å². The SMILES string of the molecule is Cc1nc(N2CCC(C(=O)O)CC2C)cc(=O)[nH]1. The van der Waals surface area contributed by atoms with Gasteiger partial charge in [0.1, 0.15) is 11.6 Å². The largest absolute Gasteiger partial charge is 0.481 e. The van der Waals surface area contributed by atoms with Gasteiger partial charge < -0.3 is 15.0 Å². The lowest BCUT2D eigenvalue weighted by Gasteiger charge is -2.37. The van der Waals surface area contributed by atoms with E-state index in [2.05, 4.69) is 9.97 Å². The highest BCUT2D eigenvalue weighted by Crippen LogP contribution is 2.26. The fraction of sp³-hybridized carbons (Fsp3) is 0.583. The monoisotopic (exact) mass is 251 g/mol. The number of H-pyrrole nitrogens is 1. The normalized spacial score (nSPS) is 24.0. The summed E-state index contributed by atoms with van der Waals surface area (Å²) in [6, 6.07) is 1.54. The number of rotatable bonds is 2. The van der Waals surface area contributed by atoms with Crippen LogP contribution in [0.15, 0.2) is 10.9 Å². The minimum absolute atomic E-state index is 0.0774. The van der Waals surface area contributed by atoms with Gasteiger partial charge in [-0.15, -0.1) is 0 Å². The van der Waals surface area contributed by atoms with Gasteiger partial charge in [0.05, 0.1) is 5.92 Å². The number of carboxylic acid groups (broad SMARTS) is 1. The molecule has 0 saturated carbocycles. The lowest BCUT2D eigenvalue weighted by atomic mass is 9.92. The molecule has 2 rings (SSSR count). The number of aromatic nitrogens is 2. The fourth-order valence-corrected chi connectivity index (χ4v) is 2.45. The van der Waals surface area contributed by atoms with Crippen LogP contribution in [0, 0.1) is 12.8 Å². The van der Waals surface area contributed by atoms with Gasteiger partial charge in [0.15, 0.2) is 0 Å². The molecule has 2 N–H and O–H groups in total. The van der Waals surface area contributed by atoms with Crippen molar-refractivity contribution < 1.29 is 9.90 Å². The van der Waals surface area contributed by atoms with E-state index >= 15 is 0 Å². The van der Waals surface area contributed by atoms with Gasteiger partial charge in [-0.05, 0) is 26.7 Å². The van der Waals surface area contributed by atoms with Gasteiger partial charge >= 0.3 is 5.97 Å². The maximum absolute atomic E-state index is 11.4. The van der Waals surface area contributed by atoms with Crippen molar-refractivity contribution in [3.05, 3.63) is 22.2 Å². The summed E-state index contributed by atoms with van der Waals surface area (Å²) < 4.78 is 0. The zero-order chi connectivity index (χ0) is 13.3. The van der Waals surface area contributed by atoms with Crippen LogP contribution >= 0.6 is 0 Å². The van der Waals surface area contributed by atoms with Crippen molar-refractivity contribution in [2.45, 2.75) is 32.7 Å². The van der Waals surface area contributed by atoms with Crippen molar-refractivity contribution in [3.63, 3.8) is 0 Å². The number of aryl methyl sites for hydroxylation is 1. The molecule has 0 bridgehead atoms. The highest BCUT2D eigenvalue weighted by molar-refractivity contribution is 5.70. The molecule has 6 heteroatoms. The molecule has 0 spiro atoms. The van der Waals surface area contributed by atoms with Crippen LogP contribution in [-0.2, 0) is 4.79 Å². The number of aliphatic carboxylic acids is 1. The molecule has 18 heavy (non-hydrogen) atoms. The summed E-state index contributed by atoms with van der Waals surface area (Å²) in [5.41, 5.74) is -0.176. The minimum atomic E-state index is -0.739. The quantitative estimate of drug-likeness (QED) is 0.810. The summed E-state index contributed by atoms with van der Waals surface area (Å²) in [5.74, 6) is 0.175. The van der Waals surface area contributed by atoms with E-state index in [0.717, 1.165) is 0 Å². The maximum atomic E-state index is 11.4. The number of aromatic amines is 1. The zero-order valence-corrected chi connectivity index (χ0v) is 10.5. The van der Waals surface area contributed by atoms with Crippen molar-refractivity contribution in [2.75, 3.05) is 11.4 Å². The molecule has 98 valence electrons. The summed E-state index contributed by atoms with van der Waals surface area (Å²) in [7, 11) is 0. The average molecular weight is 251 g/mol. The average Bonchev–Trinajstić information content (AvgIpc) is 2.27. The summed E-state index contributed by atoms with van der Waals surface area (Å²) in [5, 5.41) is 9.01. The van der Waals surface area contributed by atoms with Crippen molar-refractivity contribution in [1.29, 1.82) is 0 Å². The molecular formula is C12H17N3O3. The molecular weight excluding hydrogens is 234 g/mol. The molecule has 1 aromatic heterocycles. The lowest BCUT2D eigenvalue weighted by molar-refractivity contribution is -0.142. The maximum Gasteiger partial charge on any atom is 0.306 e. The van der Waals surface area contributed by atoms with E-state index < -0.39 is 5.97 Å². The summed E-state index contributed by atoms with van der Waals surface area (Å²) in [6.45, 7) is 4.32. The number of hydrogen-bond acceptors (Lipinski definition) is 4. The first-order chi connectivity index (χ1) is 8.47.